The van der Waals surface area contributed by atoms with E-state index in [0.29, 0.717) is 6.54 Å². The van der Waals surface area contributed by atoms with Gasteiger partial charge in [-0.05, 0) is 38.8 Å². The number of benzene rings is 1. The Balaban J connectivity index is 2.80. The molecule has 4 heteroatoms. The lowest BCUT2D eigenvalue weighted by atomic mass is 9.95. The van der Waals surface area contributed by atoms with Gasteiger partial charge in [-0.15, -0.1) is 0 Å². The lowest BCUT2D eigenvalue weighted by molar-refractivity contribution is 0.0488. The van der Waals surface area contributed by atoms with E-state index in [2.05, 4.69) is 5.32 Å². The lowest BCUT2D eigenvalue weighted by Gasteiger charge is -2.27. The minimum absolute atomic E-state index is 0.134. The summed E-state index contributed by atoms with van der Waals surface area (Å²) < 4.78 is 5.29. The molecule has 106 valence electrons. The number of alkyl carbamates (subject to hydrolysis) is 1. The molecule has 1 aromatic rings. The maximum Gasteiger partial charge on any atom is 0.408 e. The van der Waals surface area contributed by atoms with Crippen LogP contribution in [0.2, 0.25) is 0 Å². The van der Waals surface area contributed by atoms with E-state index in [1.54, 1.807) is 0 Å². The van der Waals surface area contributed by atoms with Crippen molar-refractivity contribution in [2.24, 2.45) is 11.7 Å². The summed E-state index contributed by atoms with van der Waals surface area (Å²) in [5.41, 5.74) is 6.25. The monoisotopic (exact) mass is 264 g/mol. The fourth-order valence-electron chi connectivity index (χ4n) is 1.79. The fourth-order valence-corrected chi connectivity index (χ4v) is 1.79. The first-order chi connectivity index (χ1) is 8.83. The van der Waals surface area contributed by atoms with Crippen molar-refractivity contribution in [2.75, 3.05) is 6.54 Å². The number of hydrogen-bond acceptors (Lipinski definition) is 3. The first kappa shape index (κ1) is 15.5. The van der Waals surface area contributed by atoms with Gasteiger partial charge in [0, 0.05) is 0 Å². The minimum Gasteiger partial charge on any atom is -0.444 e. The number of carbonyl (C=O) groups excluding carboxylic acids is 1. The number of ether oxygens (including phenoxy) is 1. The third kappa shape index (κ3) is 5.30. The van der Waals surface area contributed by atoms with E-state index >= 15 is 0 Å². The van der Waals surface area contributed by atoms with Crippen LogP contribution in [0.3, 0.4) is 0 Å². The summed E-state index contributed by atoms with van der Waals surface area (Å²) in [5, 5.41) is 2.90. The first-order valence-corrected chi connectivity index (χ1v) is 6.58. The third-order valence-electron chi connectivity index (χ3n) is 2.77. The van der Waals surface area contributed by atoms with E-state index in [1.807, 2.05) is 58.0 Å². The van der Waals surface area contributed by atoms with E-state index in [1.165, 1.54) is 0 Å². The quantitative estimate of drug-likeness (QED) is 0.879. The highest BCUT2D eigenvalue weighted by atomic mass is 16.6. The summed E-state index contributed by atoms with van der Waals surface area (Å²) in [5.74, 6) is 0.134. The number of rotatable bonds is 4. The van der Waals surface area contributed by atoms with Crippen molar-refractivity contribution in [3.8, 4) is 0 Å². The van der Waals surface area contributed by atoms with E-state index in [-0.39, 0.29) is 12.0 Å². The third-order valence-corrected chi connectivity index (χ3v) is 2.77. The Labute approximate surface area is 115 Å². The van der Waals surface area contributed by atoms with E-state index in [9.17, 15) is 4.79 Å². The van der Waals surface area contributed by atoms with E-state index < -0.39 is 11.7 Å². The molecule has 0 aromatic heterocycles. The van der Waals surface area contributed by atoms with Gasteiger partial charge in [-0.25, -0.2) is 4.79 Å². The summed E-state index contributed by atoms with van der Waals surface area (Å²) in [7, 11) is 0. The highest BCUT2D eigenvalue weighted by Crippen LogP contribution is 2.21. The van der Waals surface area contributed by atoms with Crippen molar-refractivity contribution in [2.45, 2.75) is 39.3 Å². The number of amides is 1. The molecular weight excluding hydrogens is 240 g/mol. The highest BCUT2D eigenvalue weighted by molar-refractivity contribution is 5.68. The summed E-state index contributed by atoms with van der Waals surface area (Å²) in [6, 6.07) is 9.66. The molecule has 1 rings (SSSR count). The Morgan fingerprint density at radius 3 is 2.37 bits per heavy atom. The van der Waals surface area contributed by atoms with E-state index in [4.69, 9.17) is 10.5 Å². The number of nitrogens with one attached hydrogen (secondary N) is 1. The van der Waals surface area contributed by atoms with Gasteiger partial charge in [-0.2, -0.15) is 0 Å². The number of hydrogen-bond donors (Lipinski definition) is 2. The molecule has 19 heavy (non-hydrogen) atoms. The summed E-state index contributed by atoms with van der Waals surface area (Å²) in [6.45, 7) is 8.04. The van der Waals surface area contributed by atoms with Crippen molar-refractivity contribution in [1.29, 1.82) is 0 Å². The first-order valence-electron chi connectivity index (χ1n) is 6.58. The van der Waals surface area contributed by atoms with Crippen LogP contribution in [0.15, 0.2) is 30.3 Å². The van der Waals surface area contributed by atoms with Gasteiger partial charge < -0.3 is 15.8 Å². The molecule has 2 unspecified atom stereocenters. The molecule has 1 amide bonds. The van der Waals surface area contributed by atoms with Gasteiger partial charge in [0.25, 0.3) is 0 Å². The van der Waals surface area contributed by atoms with Crippen molar-refractivity contribution in [3.05, 3.63) is 35.9 Å². The summed E-state index contributed by atoms with van der Waals surface area (Å²) in [4.78, 5) is 11.9. The van der Waals surface area contributed by atoms with Gasteiger partial charge in [0.15, 0.2) is 0 Å². The van der Waals surface area contributed by atoms with Crippen LogP contribution in [0, 0.1) is 5.92 Å². The SMILES string of the molecule is CC(CN)C(NC(=O)OC(C)(C)C)c1ccccc1. The normalized spacial score (nSPS) is 14.6. The molecule has 3 N–H and O–H groups in total. The molecule has 2 atom stereocenters. The molecule has 4 nitrogen and oxygen atoms in total. The maximum absolute atomic E-state index is 11.9. The summed E-state index contributed by atoms with van der Waals surface area (Å²) in [6.07, 6.45) is -0.415. The van der Waals surface area contributed by atoms with Crippen LogP contribution in [0.4, 0.5) is 4.79 Å². The molecule has 0 saturated heterocycles. The molecule has 0 saturated carbocycles. The zero-order chi connectivity index (χ0) is 14.5. The Morgan fingerprint density at radius 1 is 1.32 bits per heavy atom. The van der Waals surface area contributed by atoms with Crippen molar-refractivity contribution < 1.29 is 9.53 Å². The van der Waals surface area contributed by atoms with Gasteiger partial charge in [-0.1, -0.05) is 37.3 Å². The second-order valence-corrected chi connectivity index (χ2v) is 5.75. The van der Waals surface area contributed by atoms with Crippen molar-refractivity contribution in [1.82, 2.24) is 5.32 Å². The van der Waals surface area contributed by atoms with Crippen LogP contribution in [-0.2, 0) is 4.74 Å². The molecule has 0 heterocycles. The molecule has 1 aromatic carbocycles. The van der Waals surface area contributed by atoms with Crippen molar-refractivity contribution in [3.63, 3.8) is 0 Å². The number of carbonyl (C=O) groups is 1. The Morgan fingerprint density at radius 2 is 1.89 bits per heavy atom. The average molecular weight is 264 g/mol. The summed E-state index contributed by atoms with van der Waals surface area (Å²) >= 11 is 0. The van der Waals surface area contributed by atoms with Gasteiger partial charge in [0.2, 0.25) is 0 Å². The Kier molecular flexibility index (Phi) is 5.36. The minimum atomic E-state index is -0.503. The Hall–Kier alpha value is -1.55. The molecular formula is C15H24N2O2. The van der Waals surface area contributed by atoms with Crippen LogP contribution < -0.4 is 11.1 Å². The van der Waals surface area contributed by atoms with Crippen molar-refractivity contribution >= 4 is 6.09 Å². The van der Waals surface area contributed by atoms with Crippen LogP contribution in [0.5, 0.6) is 0 Å². The van der Waals surface area contributed by atoms with Gasteiger partial charge in [0.05, 0.1) is 6.04 Å². The maximum atomic E-state index is 11.9. The lowest BCUT2D eigenvalue weighted by Crippen LogP contribution is -2.38. The average Bonchev–Trinajstić information content (AvgIpc) is 2.34. The molecule has 0 aliphatic heterocycles. The molecule has 0 fully saturated rings. The standard InChI is InChI=1S/C15H24N2O2/c1-11(10-16)13(12-8-6-5-7-9-12)17-14(18)19-15(2,3)4/h5-9,11,13H,10,16H2,1-4H3,(H,17,18). The smallest absolute Gasteiger partial charge is 0.408 e. The molecule has 0 spiro atoms. The van der Waals surface area contributed by atoms with Gasteiger partial charge >= 0.3 is 6.09 Å². The van der Waals surface area contributed by atoms with Crippen LogP contribution in [-0.4, -0.2) is 18.2 Å². The second-order valence-electron chi connectivity index (χ2n) is 5.75. The predicted octanol–water partition coefficient (Wildman–Crippen LogP) is 2.85. The number of nitrogens with two attached hydrogens (primary N) is 1. The van der Waals surface area contributed by atoms with Gasteiger partial charge in [-0.3, -0.25) is 0 Å². The predicted molar refractivity (Wildman–Crippen MR) is 76.8 cm³/mol. The second kappa shape index (κ2) is 6.57. The van der Waals surface area contributed by atoms with Gasteiger partial charge in [0.1, 0.15) is 5.60 Å². The Bertz CT molecular complexity index is 398. The molecule has 0 bridgehead atoms. The fraction of sp³-hybridized carbons (Fsp3) is 0.533. The zero-order valence-electron chi connectivity index (χ0n) is 12.1. The van der Waals surface area contributed by atoms with E-state index in [0.717, 1.165) is 5.56 Å². The molecule has 0 radical (unpaired) electrons. The van der Waals surface area contributed by atoms with Crippen LogP contribution in [0.25, 0.3) is 0 Å². The molecule has 0 aliphatic carbocycles. The zero-order valence-corrected chi connectivity index (χ0v) is 12.1. The van der Waals surface area contributed by atoms with Crippen LogP contribution >= 0.6 is 0 Å². The topological polar surface area (TPSA) is 64.3 Å². The largest absolute Gasteiger partial charge is 0.444 e. The highest BCUT2D eigenvalue weighted by Gasteiger charge is 2.23. The molecule has 0 aliphatic rings. The van der Waals surface area contributed by atoms with Crippen LogP contribution in [0.1, 0.15) is 39.3 Å².